The third-order valence-corrected chi connectivity index (χ3v) is 13.2. The van der Waals surface area contributed by atoms with E-state index in [1.165, 1.54) is 60.0 Å². The van der Waals surface area contributed by atoms with Crippen LogP contribution in [0.5, 0.6) is 0 Å². The molecule has 3 nitrogen and oxygen atoms in total. The summed E-state index contributed by atoms with van der Waals surface area (Å²) in [7, 11) is 0. The van der Waals surface area contributed by atoms with E-state index in [2.05, 4.69) is 252 Å². The molecule has 3 heteroatoms. The summed E-state index contributed by atoms with van der Waals surface area (Å²) in [5.74, 6) is 0. The maximum atomic E-state index is 7.03. The van der Waals surface area contributed by atoms with Gasteiger partial charge in [0.05, 0.1) is 22.1 Å². The minimum absolute atomic E-state index is 0.856. The Balaban J connectivity index is 1.03. The van der Waals surface area contributed by atoms with Crippen LogP contribution in [-0.4, -0.2) is 4.57 Å². The number of benzene rings is 11. The Morgan fingerprint density at radius 2 is 0.892 bits per heavy atom. The van der Waals surface area contributed by atoms with Crippen molar-refractivity contribution in [2.24, 2.45) is 0 Å². The number of hydrogen-bond donors (Lipinski definition) is 0. The summed E-state index contributed by atoms with van der Waals surface area (Å²) < 4.78 is 9.42. The molecule has 2 heterocycles. The topological polar surface area (TPSA) is 21.3 Å². The Morgan fingerprint density at radius 1 is 0.338 bits per heavy atom. The molecule has 65 heavy (non-hydrogen) atoms. The van der Waals surface area contributed by atoms with Crippen molar-refractivity contribution in [1.82, 2.24) is 4.57 Å². The maximum Gasteiger partial charge on any atom is 0.145 e. The first-order valence-corrected chi connectivity index (χ1v) is 22.2. The molecule has 0 atom stereocenters. The molecule has 0 spiro atoms. The fourth-order valence-corrected chi connectivity index (χ4v) is 10.2. The summed E-state index contributed by atoms with van der Waals surface area (Å²) in [6.45, 7) is 0. The minimum Gasteiger partial charge on any atom is -0.455 e. The van der Waals surface area contributed by atoms with Gasteiger partial charge in [-0.2, -0.15) is 0 Å². The monoisotopic (exact) mass is 828 g/mol. The summed E-state index contributed by atoms with van der Waals surface area (Å²) in [4.78, 5) is 2.41. The third-order valence-electron chi connectivity index (χ3n) is 13.2. The summed E-state index contributed by atoms with van der Waals surface area (Å²) in [5.41, 5.74) is 15.3. The predicted octanol–water partition coefficient (Wildman–Crippen LogP) is 17.5. The average molecular weight is 829 g/mol. The molecule has 0 aliphatic heterocycles. The molecule has 0 unspecified atom stereocenters. The van der Waals surface area contributed by atoms with Gasteiger partial charge in [0.2, 0.25) is 0 Å². The second kappa shape index (κ2) is 15.0. The van der Waals surface area contributed by atoms with Crippen molar-refractivity contribution in [3.8, 4) is 39.1 Å². The molecule has 0 amide bonds. The fourth-order valence-electron chi connectivity index (χ4n) is 10.2. The molecule has 0 N–H and O–H groups in total. The first kappa shape index (κ1) is 36.9. The van der Waals surface area contributed by atoms with Crippen LogP contribution in [0.15, 0.2) is 247 Å². The lowest BCUT2D eigenvalue weighted by molar-refractivity contribution is 0.670. The highest BCUT2D eigenvalue weighted by molar-refractivity contribution is 6.21. The Kier molecular flexibility index (Phi) is 8.53. The average Bonchev–Trinajstić information content (AvgIpc) is 3.94. The van der Waals surface area contributed by atoms with Gasteiger partial charge in [-0.1, -0.05) is 176 Å². The number of furan rings is 1. The number of nitrogens with zero attached hydrogens (tertiary/aromatic N) is 2. The zero-order valence-corrected chi connectivity index (χ0v) is 35.4. The SMILES string of the molecule is c1ccc(-c2ccc(-c3ccc(N(c4cccc(-n5c6ccccc6c6ccccc65)c4)c4ccc(-c5cc6ccccc6c6ccccc56)c5oc6ccccc6c45)cc3)cc2)cc1. The number of para-hydroxylation sites is 3. The van der Waals surface area contributed by atoms with Crippen molar-refractivity contribution in [3.63, 3.8) is 0 Å². The lowest BCUT2D eigenvalue weighted by Gasteiger charge is -2.27. The molecule has 0 aliphatic carbocycles. The van der Waals surface area contributed by atoms with Crippen LogP contribution in [0.1, 0.15) is 0 Å². The molecule has 0 bridgehead atoms. The van der Waals surface area contributed by atoms with Crippen LogP contribution in [0.4, 0.5) is 17.1 Å². The number of rotatable bonds is 7. The van der Waals surface area contributed by atoms with Gasteiger partial charge < -0.3 is 13.9 Å². The van der Waals surface area contributed by atoms with Gasteiger partial charge in [0.25, 0.3) is 0 Å². The quantitative estimate of drug-likeness (QED) is 0.149. The van der Waals surface area contributed by atoms with Crippen LogP contribution in [-0.2, 0) is 0 Å². The summed E-state index contributed by atoms with van der Waals surface area (Å²) in [6.07, 6.45) is 0. The minimum atomic E-state index is 0.856. The van der Waals surface area contributed by atoms with Gasteiger partial charge in [-0.3, -0.25) is 0 Å². The van der Waals surface area contributed by atoms with Crippen molar-refractivity contribution in [3.05, 3.63) is 243 Å². The van der Waals surface area contributed by atoms with Crippen molar-refractivity contribution >= 4 is 82.4 Å². The van der Waals surface area contributed by atoms with Crippen molar-refractivity contribution in [2.45, 2.75) is 0 Å². The summed E-state index contributed by atoms with van der Waals surface area (Å²) in [5, 5.41) is 9.49. The van der Waals surface area contributed by atoms with Gasteiger partial charge in [-0.25, -0.2) is 0 Å². The fraction of sp³-hybridized carbons (Fsp3) is 0. The highest BCUT2D eigenvalue weighted by atomic mass is 16.3. The molecular formula is C62H40N2O. The highest BCUT2D eigenvalue weighted by Gasteiger charge is 2.24. The highest BCUT2D eigenvalue weighted by Crippen LogP contribution is 2.48. The first-order chi connectivity index (χ1) is 32.2. The van der Waals surface area contributed by atoms with Crippen molar-refractivity contribution < 1.29 is 4.42 Å². The molecule has 0 saturated carbocycles. The lowest BCUT2D eigenvalue weighted by atomic mass is 9.92. The van der Waals surface area contributed by atoms with Crippen LogP contribution < -0.4 is 4.90 Å². The summed E-state index contributed by atoms with van der Waals surface area (Å²) >= 11 is 0. The van der Waals surface area contributed by atoms with E-state index in [4.69, 9.17) is 4.42 Å². The Bertz CT molecular complexity index is 3880. The largest absolute Gasteiger partial charge is 0.455 e. The smallest absolute Gasteiger partial charge is 0.145 e. The van der Waals surface area contributed by atoms with Crippen LogP contribution >= 0.6 is 0 Å². The van der Waals surface area contributed by atoms with Crippen LogP contribution in [0.2, 0.25) is 0 Å². The van der Waals surface area contributed by atoms with E-state index >= 15 is 0 Å². The second-order valence-electron chi connectivity index (χ2n) is 16.8. The molecule has 0 radical (unpaired) electrons. The van der Waals surface area contributed by atoms with E-state index in [1.807, 2.05) is 0 Å². The van der Waals surface area contributed by atoms with Gasteiger partial charge in [0.15, 0.2) is 0 Å². The van der Waals surface area contributed by atoms with Crippen molar-refractivity contribution in [2.75, 3.05) is 4.90 Å². The Labute approximate surface area is 376 Å². The number of hydrogen-bond acceptors (Lipinski definition) is 2. The molecule has 2 aromatic heterocycles. The Hall–Kier alpha value is -8.66. The number of fused-ring (bicyclic) bond motifs is 9. The molecular weight excluding hydrogens is 789 g/mol. The van der Waals surface area contributed by atoms with Gasteiger partial charge in [-0.15, -0.1) is 0 Å². The zero-order valence-electron chi connectivity index (χ0n) is 35.4. The number of anilines is 3. The Morgan fingerprint density at radius 3 is 1.60 bits per heavy atom. The molecule has 304 valence electrons. The van der Waals surface area contributed by atoms with Crippen LogP contribution in [0.3, 0.4) is 0 Å². The van der Waals surface area contributed by atoms with Gasteiger partial charge in [0.1, 0.15) is 11.2 Å². The predicted molar refractivity (Wildman–Crippen MR) is 274 cm³/mol. The molecule has 0 saturated heterocycles. The van der Waals surface area contributed by atoms with E-state index in [1.54, 1.807) is 0 Å². The van der Waals surface area contributed by atoms with Crippen LogP contribution in [0.25, 0.3) is 104 Å². The van der Waals surface area contributed by atoms with E-state index in [9.17, 15) is 0 Å². The normalized spacial score (nSPS) is 11.7. The first-order valence-electron chi connectivity index (χ1n) is 22.2. The lowest BCUT2D eigenvalue weighted by Crippen LogP contribution is -2.11. The summed E-state index contributed by atoms with van der Waals surface area (Å²) in [6, 6.07) is 87.6. The van der Waals surface area contributed by atoms with Crippen LogP contribution in [0, 0.1) is 0 Å². The zero-order chi connectivity index (χ0) is 42.8. The van der Waals surface area contributed by atoms with E-state index in [0.717, 1.165) is 61.4 Å². The molecule has 13 rings (SSSR count). The molecule has 0 fully saturated rings. The van der Waals surface area contributed by atoms with E-state index < -0.39 is 0 Å². The standard InChI is InChI=1S/C62H40N2O/c1-2-15-41(16-3-1)42-29-31-43(32-30-42)44-33-35-46(36-34-44)63(47-18-14-19-48(40-47)64-57-26-11-8-23-52(57)53-24-9-12-27-58(53)64)59-38-37-54(62-61(59)55-25-10-13-28-60(55)65-62)56-39-45-17-4-5-20-49(45)50-21-6-7-22-51(50)56/h1-40H. The molecule has 13 aromatic rings. The molecule has 11 aromatic carbocycles. The van der Waals surface area contributed by atoms with Crippen molar-refractivity contribution in [1.29, 1.82) is 0 Å². The maximum absolute atomic E-state index is 7.03. The molecule has 0 aliphatic rings. The van der Waals surface area contributed by atoms with E-state index in [0.29, 0.717) is 0 Å². The van der Waals surface area contributed by atoms with Gasteiger partial charge >= 0.3 is 0 Å². The van der Waals surface area contributed by atoms with Gasteiger partial charge in [-0.05, 0) is 116 Å². The third kappa shape index (κ3) is 6.05. The van der Waals surface area contributed by atoms with Gasteiger partial charge in [0, 0.05) is 38.8 Å². The second-order valence-corrected chi connectivity index (χ2v) is 16.8. The van der Waals surface area contributed by atoms with E-state index in [-0.39, 0.29) is 0 Å². The number of aromatic nitrogens is 1.